The number of hydrogen-bond acceptors (Lipinski definition) is 6. The van der Waals surface area contributed by atoms with E-state index in [0.717, 1.165) is 45.8 Å². The van der Waals surface area contributed by atoms with Crippen LogP contribution in [-0.4, -0.2) is 37.3 Å². The molecule has 12 rings (SSSR count). The summed E-state index contributed by atoms with van der Waals surface area (Å²) in [5.74, 6) is 0. The molecule has 6 aromatic carbocycles. The molecule has 2 aliphatic rings. The quantitative estimate of drug-likeness (QED) is 0.0256. The largest absolute Gasteiger partial charge is 1.00 e. The molecule has 0 unspecified atom stereocenters. The minimum Gasteiger partial charge on any atom is -1.00 e. The average molecular weight is 1500 g/mol. The predicted molar refractivity (Wildman–Crippen MR) is 379 cm³/mol. The van der Waals surface area contributed by atoms with E-state index in [1.165, 1.54) is 235 Å². The summed E-state index contributed by atoms with van der Waals surface area (Å²) in [7, 11) is 0. The van der Waals surface area contributed by atoms with Gasteiger partial charge < -0.3 is 34.0 Å². The highest BCUT2D eigenvalue weighted by Crippen LogP contribution is 2.57. The minimum atomic E-state index is 0. The van der Waals surface area contributed by atoms with Crippen LogP contribution in [0.25, 0.3) is 79.0 Å². The predicted octanol–water partition coefficient (Wildman–Crippen LogP) is 14.9. The SMILES string of the molecule is C=Cn1cc[n+](CCCCCCC2(CCCCCC[n+]3ccn(C=C)c3)c3cc(C)ccc3-c3ccc(-c4ccc(C)c5nsnc45)cc32)c1.Cc1ccc2c(c1)C(CCCCCCBr)(CCCCCCBr)c1cc(-c3ccc(C)c4nsnc34)ccc1-2.[Br-].[Br-]. The third kappa shape index (κ3) is 15.2. The Morgan fingerprint density at radius 3 is 1.11 bits per heavy atom. The van der Waals surface area contributed by atoms with Crippen molar-refractivity contribution in [2.24, 2.45) is 0 Å². The van der Waals surface area contributed by atoms with Crippen LogP contribution < -0.4 is 43.1 Å². The van der Waals surface area contributed by atoms with Crippen molar-refractivity contribution in [1.82, 2.24) is 26.6 Å². The Morgan fingerprint density at radius 1 is 0.411 bits per heavy atom. The van der Waals surface area contributed by atoms with Gasteiger partial charge in [-0.2, -0.15) is 17.5 Å². The van der Waals surface area contributed by atoms with Crippen LogP contribution in [0.5, 0.6) is 0 Å². The molecule has 8 nitrogen and oxygen atoms in total. The van der Waals surface area contributed by atoms with Gasteiger partial charge in [-0.1, -0.05) is 205 Å². The first-order valence-corrected chi connectivity index (χ1v) is 36.2. The zero-order valence-electron chi connectivity index (χ0n) is 53.1. The molecule has 0 spiro atoms. The van der Waals surface area contributed by atoms with Gasteiger partial charge in [0.15, 0.2) is 0 Å². The summed E-state index contributed by atoms with van der Waals surface area (Å²) in [5, 5.41) is 2.22. The number of fused-ring (bicyclic) bond motifs is 8. The highest BCUT2D eigenvalue weighted by atomic mass is 79.9. The van der Waals surface area contributed by atoms with Crippen molar-refractivity contribution in [2.45, 2.75) is 180 Å². The Bertz CT molecular complexity index is 3950. The maximum atomic E-state index is 4.76. The second-order valence-corrected chi connectivity index (χ2v) is 27.8. The molecular weight excluding hydrogens is 1410 g/mol. The molecule has 4 aromatic heterocycles. The van der Waals surface area contributed by atoms with Crippen molar-refractivity contribution >= 4 is 89.8 Å². The number of halogens is 4. The van der Waals surface area contributed by atoms with Gasteiger partial charge in [0.2, 0.25) is 12.7 Å². The van der Waals surface area contributed by atoms with E-state index in [2.05, 4.69) is 225 Å². The third-order valence-electron chi connectivity index (χ3n) is 19.2. The number of rotatable bonds is 30. The number of hydrogen-bond donors (Lipinski definition) is 0. The summed E-state index contributed by atoms with van der Waals surface area (Å²) < 4.78 is 27.3. The van der Waals surface area contributed by atoms with E-state index in [1.807, 2.05) is 21.5 Å². The second kappa shape index (κ2) is 32.6. The van der Waals surface area contributed by atoms with E-state index in [4.69, 9.17) is 8.75 Å². The molecule has 0 bridgehead atoms. The fraction of sp³-hybridized carbons (Fsp3) is 0.395. The lowest BCUT2D eigenvalue weighted by Crippen LogP contribution is -3.00. The van der Waals surface area contributed by atoms with Crippen LogP contribution in [0.2, 0.25) is 0 Å². The van der Waals surface area contributed by atoms with E-state index >= 15 is 0 Å². The summed E-state index contributed by atoms with van der Waals surface area (Å²) in [6.07, 6.45) is 41.2. The molecule has 0 aliphatic heterocycles. The highest BCUT2D eigenvalue weighted by molar-refractivity contribution is 9.09. The zero-order chi connectivity index (χ0) is 61.0. The van der Waals surface area contributed by atoms with Crippen LogP contribution in [0.4, 0.5) is 0 Å². The first-order chi connectivity index (χ1) is 43.1. The van der Waals surface area contributed by atoms with Gasteiger partial charge in [-0.3, -0.25) is 0 Å². The van der Waals surface area contributed by atoms with Gasteiger partial charge in [-0.15, -0.1) is 0 Å². The molecule has 0 radical (unpaired) electrons. The van der Waals surface area contributed by atoms with Crippen LogP contribution in [-0.2, 0) is 23.9 Å². The van der Waals surface area contributed by atoms with Crippen LogP contribution in [0, 0.1) is 27.7 Å². The van der Waals surface area contributed by atoms with Gasteiger partial charge in [0, 0.05) is 32.6 Å². The highest BCUT2D eigenvalue weighted by Gasteiger charge is 2.44. The van der Waals surface area contributed by atoms with Gasteiger partial charge in [-0.05, 0) is 171 Å². The first-order valence-electron chi connectivity index (χ1n) is 32.5. The monoisotopic (exact) mass is 1490 g/mol. The molecule has 4 heterocycles. The molecule has 10 aromatic rings. The van der Waals surface area contributed by atoms with Gasteiger partial charge in [0.1, 0.15) is 46.9 Å². The van der Waals surface area contributed by atoms with Crippen LogP contribution in [0.1, 0.15) is 173 Å². The summed E-state index contributed by atoms with van der Waals surface area (Å²) in [6, 6.07) is 37.7. The van der Waals surface area contributed by atoms with E-state index in [1.54, 1.807) is 5.56 Å². The topological polar surface area (TPSA) is 69.2 Å². The Hall–Kier alpha value is -5.22. The number of nitrogens with zero attached hydrogens (tertiary/aromatic N) is 8. The lowest BCUT2D eigenvalue weighted by atomic mass is 9.70. The van der Waals surface area contributed by atoms with E-state index in [0.29, 0.717) is 0 Å². The maximum Gasteiger partial charge on any atom is 0.248 e. The minimum absolute atomic E-state index is 0. The van der Waals surface area contributed by atoms with Crippen molar-refractivity contribution < 1.29 is 43.1 Å². The molecule has 0 saturated carbocycles. The van der Waals surface area contributed by atoms with Crippen LogP contribution in [0.3, 0.4) is 0 Å². The summed E-state index contributed by atoms with van der Waals surface area (Å²) in [4.78, 5) is 0. The molecule has 0 fully saturated rings. The molecular formula is C76H88Br4N8S2. The Balaban J connectivity index is 0.000000216. The van der Waals surface area contributed by atoms with Crippen molar-refractivity contribution in [3.8, 4) is 44.5 Å². The van der Waals surface area contributed by atoms with Crippen LogP contribution >= 0.6 is 55.3 Å². The lowest BCUT2D eigenvalue weighted by molar-refractivity contribution is -0.696. The second-order valence-electron chi connectivity index (χ2n) is 25.2. The number of aryl methyl sites for hydroxylation is 6. The average Bonchev–Trinajstić information content (AvgIpc) is 1.58. The zero-order valence-corrected chi connectivity index (χ0v) is 61.1. The van der Waals surface area contributed by atoms with Gasteiger partial charge in [0.25, 0.3) is 0 Å². The number of imidazole rings is 2. The third-order valence-corrected chi connectivity index (χ3v) is 21.4. The summed E-state index contributed by atoms with van der Waals surface area (Å²) in [6.45, 7) is 18.6. The number of benzene rings is 6. The maximum absolute atomic E-state index is 4.76. The van der Waals surface area contributed by atoms with Gasteiger partial charge >= 0.3 is 0 Å². The Labute approximate surface area is 581 Å². The smallest absolute Gasteiger partial charge is 0.248 e. The number of unbranched alkanes of at least 4 members (excludes halogenated alkanes) is 12. The summed E-state index contributed by atoms with van der Waals surface area (Å²) in [5.41, 5.74) is 26.1. The fourth-order valence-electron chi connectivity index (χ4n) is 14.5. The standard InChI is InChI=1S/C43H50N6S.C33H38Br2N2S.2BrH/c1-5-46-25-27-48(31-46)23-13-9-7-11-21-43(22-12-8-10-14-24-49-28-26-47(6-2)32-49)39-29-33(3)15-18-37(39)38-20-17-35(30-40(38)43)36-19-16-34(4)41-42(36)45-50-44-41;1-23-11-14-27-28-16-13-25(26-15-12-24(2)31-32(26)37-38-36-31)22-30(28)33(29(27)21-23,17-7-3-5-9-19-34)18-8-4-6-10-20-35;;/h5-6,15-20,25-32H,1-2,7-14,21-24H2,3-4H3;11-16,21-22H,3-10,17-20H2,1-2H3;2*1H/q+2;;;/p-2. The molecule has 2 aliphatic carbocycles. The van der Waals surface area contributed by atoms with Gasteiger partial charge in [-0.25, -0.2) is 18.3 Å². The van der Waals surface area contributed by atoms with Gasteiger partial charge in [0.05, 0.1) is 48.9 Å². The lowest BCUT2D eigenvalue weighted by Gasteiger charge is -2.33. The Morgan fingerprint density at radius 2 is 0.744 bits per heavy atom. The number of aromatic nitrogens is 8. The molecule has 14 heteroatoms. The van der Waals surface area contributed by atoms with E-state index in [-0.39, 0.29) is 44.8 Å². The molecule has 0 amide bonds. The normalized spacial score (nSPS) is 13.0. The van der Waals surface area contributed by atoms with Crippen LogP contribution in [0.15, 0.2) is 148 Å². The van der Waals surface area contributed by atoms with Crippen molar-refractivity contribution in [1.29, 1.82) is 0 Å². The van der Waals surface area contributed by atoms with Crippen molar-refractivity contribution in [3.05, 3.63) is 192 Å². The van der Waals surface area contributed by atoms with Crippen molar-refractivity contribution in [2.75, 3.05) is 10.7 Å². The summed E-state index contributed by atoms with van der Waals surface area (Å²) >= 11 is 9.88. The molecule has 472 valence electrons. The molecule has 0 N–H and O–H groups in total. The Kier molecular flexibility index (Phi) is 25.0. The van der Waals surface area contributed by atoms with E-state index in [9.17, 15) is 0 Å². The molecule has 90 heavy (non-hydrogen) atoms. The van der Waals surface area contributed by atoms with Crippen molar-refractivity contribution in [3.63, 3.8) is 0 Å². The first kappa shape index (κ1) is 69.1. The molecule has 0 atom stereocenters. The fourth-order valence-corrected chi connectivity index (χ4v) is 16.6. The molecule has 0 saturated heterocycles. The van der Waals surface area contributed by atoms with E-state index < -0.39 is 0 Å². The number of alkyl halides is 2.